The van der Waals surface area contributed by atoms with E-state index in [1.807, 2.05) is 19.1 Å². The highest BCUT2D eigenvalue weighted by atomic mass is 35.5. The second-order valence-corrected chi connectivity index (χ2v) is 8.54. The van der Waals surface area contributed by atoms with Gasteiger partial charge in [-0.3, -0.25) is 24.6 Å². The van der Waals surface area contributed by atoms with Gasteiger partial charge in [-0.15, -0.1) is 0 Å². The molecule has 7 nitrogen and oxygen atoms in total. The monoisotopic (exact) mass is 523 g/mol. The van der Waals surface area contributed by atoms with Crippen molar-refractivity contribution in [2.75, 3.05) is 16.8 Å². The van der Waals surface area contributed by atoms with Gasteiger partial charge in [0.2, 0.25) is 0 Å². The lowest BCUT2D eigenvalue weighted by atomic mass is 10.1. The first-order chi connectivity index (χ1) is 17.2. The van der Waals surface area contributed by atoms with E-state index in [-0.39, 0.29) is 27.1 Å². The predicted octanol–water partition coefficient (Wildman–Crippen LogP) is 4.64. The van der Waals surface area contributed by atoms with Crippen LogP contribution in [0.3, 0.4) is 0 Å². The largest absolute Gasteiger partial charge is 0.482 e. The molecule has 36 heavy (non-hydrogen) atoms. The molecule has 0 saturated carbocycles. The summed E-state index contributed by atoms with van der Waals surface area (Å²) in [6.45, 7) is 1.43. The molecule has 0 radical (unpaired) electrons. The molecule has 4 rings (SSSR count). The van der Waals surface area contributed by atoms with Crippen molar-refractivity contribution < 1.29 is 23.5 Å². The molecular formula is C26H19ClFN3O4S. The Balaban J connectivity index is 1.49. The quantitative estimate of drug-likeness (QED) is 0.279. The summed E-state index contributed by atoms with van der Waals surface area (Å²) in [5.41, 5.74) is 1.75. The molecule has 0 bridgehead atoms. The third-order valence-corrected chi connectivity index (χ3v) is 5.81. The first-order valence-electron chi connectivity index (χ1n) is 10.7. The highest BCUT2D eigenvalue weighted by molar-refractivity contribution is 7.80. The van der Waals surface area contributed by atoms with Crippen molar-refractivity contribution in [3.63, 3.8) is 0 Å². The van der Waals surface area contributed by atoms with E-state index in [0.29, 0.717) is 11.3 Å². The number of carbonyl (C=O) groups excluding carboxylic acids is 3. The van der Waals surface area contributed by atoms with E-state index in [2.05, 4.69) is 10.6 Å². The van der Waals surface area contributed by atoms with Crippen molar-refractivity contribution in [1.82, 2.24) is 5.32 Å². The Kier molecular flexibility index (Phi) is 7.42. The lowest BCUT2D eigenvalue weighted by molar-refractivity contribution is -0.122. The molecule has 0 aliphatic carbocycles. The molecule has 1 fully saturated rings. The minimum Gasteiger partial charge on any atom is -0.482 e. The number of nitrogens with zero attached hydrogens (tertiary/aromatic N) is 1. The molecule has 182 valence electrons. The average Bonchev–Trinajstić information content (AvgIpc) is 2.84. The zero-order chi connectivity index (χ0) is 25.8. The number of thiocarbonyl (C=S) groups is 1. The van der Waals surface area contributed by atoms with Crippen LogP contribution < -0.4 is 20.3 Å². The summed E-state index contributed by atoms with van der Waals surface area (Å²) in [6.07, 6.45) is 1.39. The van der Waals surface area contributed by atoms with Crippen LogP contribution in [0.2, 0.25) is 5.02 Å². The number of nitrogens with one attached hydrogen (secondary N) is 2. The number of halogens is 2. The predicted molar refractivity (Wildman–Crippen MR) is 139 cm³/mol. The number of anilines is 2. The summed E-state index contributed by atoms with van der Waals surface area (Å²) in [5, 5.41) is 5.09. The second-order valence-electron chi connectivity index (χ2n) is 7.75. The number of hydrogen-bond donors (Lipinski definition) is 2. The summed E-state index contributed by atoms with van der Waals surface area (Å²) >= 11 is 11.5. The Morgan fingerprint density at radius 2 is 1.86 bits per heavy atom. The maximum atomic E-state index is 13.7. The van der Waals surface area contributed by atoms with Gasteiger partial charge in [-0.25, -0.2) is 4.39 Å². The minimum absolute atomic E-state index is 0.00751. The van der Waals surface area contributed by atoms with Gasteiger partial charge in [-0.1, -0.05) is 48.0 Å². The maximum absolute atomic E-state index is 13.7. The van der Waals surface area contributed by atoms with Gasteiger partial charge in [0.25, 0.3) is 17.7 Å². The fourth-order valence-electron chi connectivity index (χ4n) is 3.47. The van der Waals surface area contributed by atoms with Crippen LogP contribution >= 0.6 is 23.8 Å². The Morgan fingerprint density at radius 3 is 2.58 bits per heavy atom. The summed E-state index contributed by atoms with van der Waals surface area (Å²) in [5.74, 6) is -2.14. The van der Waals surface area contributed by atoms with Crippen molar-refractivity contribution in [3.8, 4) is 5.75 Å². The molecule has 0 atom stereocenters. The van der Waals surface area contributed by atoms with E-state index in [0.717, 1.165) is 5.56 Å². The fourth-order valence-corrected chi connectivity index (χ4v) is 3.99. The summed E-state index contributed by atoms with van der Waals surface area (Å²) in [7, 11) is 0. The Hall–Kier alpha value is -4.08. The van der Waals surface area contributed by atoms with Gasteiger partial charge in [0.15, 0.2) is 11.7 Å². The third kappa shape index (κ3) is 5.42. The molecule has 1 aliphatic rings. The molecule has 0 aromatic heterocycles. The van der Waals surface area contributed by atoms with Gasteiger partial charge in [0.1, 0.15) is 17.1 Å². The van der Waals surface area contributed by atoms with Crippen LogP contribution in [0.4, 0.5) is 15.8 Å². The second kappa shape index (κ2) is 10.7. The standard InChI is InChI=1S/C26H19ClFN3O4S/c1-15-6-2-5-9-21(15)31-25(34)17(24(33)30-26(31)36)12-16-10-11-22(18(27)13-16)35-14-23(32)29-20-8-4-3-7-19(20)28/h2-13H,14H2,1H3,(H,29,32)(H,30,33,36)/b17-12+. The van der Waals surface area contributed by atoms with E-state index in [1.54, 1.807) is 24.3 Å². The van der Waals surface area contributed by atoms with Crippen molar-refractivity contribution in [2.24, 2.45) is 0 Å². The lowest BCUT2D eigenvalue weighted by Gasteiger charge is -2.30. The number of aryl methyl sites for hydroxylation is 1. The highest BCUT2D eigenvalue weighted by Crippen LogP contribution is 2.28. The fraction of sp³-hybridized carbons (Fsp3) is 0.0769. The molecule has 3 aromatic rings. The third-order valence-electron chi connectivity index (χ3n) is 5.23. The van der Waals surface area contributed by atoms with E-state index in [1.165, 1.54) is 41.3 Å². The summed E-state index contributed by atoms with van der Waals surface area (Å²) in [6, 6.07) is 17.5. The van der Waals surface area contributed by atoms with Crippen LogP contribution in [0.5, 0.6) is 5.75 Å². The van der Waals surface area contributed by atoms with Crippen molar-refractivity contribution in [3.05, 3.63) is 94.3 Å². The van der Waals surface area contributed by atoms with Crippen molar-refractivity contribution in [1.29, 1.82) is 0 Å². The molecule has 0 unspecified atom stereocenters. The smallest absolute Gasteiger partial charge is 0.270 e. The van der Waals surface area contributed by atoms with E-state index in [9.17, 15) is 18.8 Å². The van der Waals surface area contributed by atoms with Crippen LogP contribution in [-0.2, 0) is 14.4 Å². The summed E-state index contributed by atoms with van der Waals surface area (Å²) in [4.78, 5) is 39.1. The van der Waals surface area contributed by atoms with Crippen LogP contribution in [0.25, 0.3) is 6.08 Å². The Morgan fingerprint density at radius 1 is 1.14 bits per heavy atom. The van der Waals surface area contributed by atoms with E-state index in [4.69, 9.17) is 28.6 Å². The zero-order valence-corrected chi connectivity index (χ0v) is 20.5. The van der Waals surface area contributed by atoms with Crippen LogP contribution in [0.1, 0.15) is 11.1 Å². The van der Waals surface area contributed by atoms with Gasteiger partial charge in [-0.05, 0) is 66.7 Å². The highest BCUT2D eigenvalue weighted by Gasteiger charge is 2.35. The average molecular weight is 524 g/mol. The molecule has 1 saturated heterocycles. The first kappa shape index (κ1) is 25.0. The van der Waals surface area contributed by atoms with Gasteiger partial charge < -0.3 is 10.1 Å². The van der Waals surface area contributed by atoms with Crippen LogP contribution in [-0.4, -0.2) is 29.4 Å². The van der Waals surface area contributed by atoms with Gasteiger partial charge >= 0.3 is 0 Å². The number of ether oxygens (including phenoxy) is 1. The maximum Gasteiger partial charge on any atom is 0.270 e. The molecule has 10 heteroatoms. The van der Waals surface area contributed by atoms with E-state index < -0.39 is 30.1 Å². The molecule has 3 aromatic carbocycles. The molecule has 0 spiro atoms. The minimum atomic E-state index is -0.629. The number of carbonyl (C=O) groups is 3. The molecule has 2 N–H and O–H groups in total. The first-order valence-corrected chi connectivity index (χ1v) is 11.5. The lowest BCUT2D eigenvalue weighted by Crippen LogP contribution is -2.54. The van der Waals surface area contributed by atoms with E-state index >= 15 is 0 Å². The number of amides is 3. The number of benzene rings is 3. The Labute approximate surface area is 216 Å². The van der Waals surface area contributed by atoms with Crippen LogP contribution in [0, 0.1) is 12.7 Å². The Bertz CT molecular complexity index is 1430. The number of hydrogen-bond acceptors (Lipinski definition) is 5. The van der Waals surface area contributed by atoms with Crippen LogP contribution in [0.15, 0.2) is 72.3 Å². The molecule has 1 aliphatic heterocycles. The normalized spacial score (nSPS) is 14.6. The zero-order valence-electron chi connectivity index (χ0n) is 18.9. The topological polar surface area (TPSA) is 87.7 Å². The number of para-hydroxylation sites is 2. The summed E-state index contributed by atoms with van der Waals surface area (Å²) < 4.78 is 19.1. The van der Waals surface area contributed by atoms with Gasteiger partial charge in [0, 0.05) is 0 Å². The van der Waals surface area contributed by atoms with Crippen molar-refractivity contribution in [2.45, 2.75) is 6.92 Å². The van der Waals surface area contributed by atoms with Gasteiger partial charge in [0.05, 0.1) is 16.4 Å². The number of rotatable bonds is 6. The molecule has 3 amide bonds. The van der Waals surface area contributed by atoms with Gasteiger partial charge in [-0.2, -0.15) is 0 Å². The molecule has 1 heterocycles. The van der Waals surface area contributed by atoms with Crippen molar-refractivity contribution >= 4 is 64.1 Å². The molecular weight excluding hydrogens is 505 g/mol. The SMILES string of the molecule is Cc1ccccc1N1C(=O)/C(=C/c2ccc(OCC(=O)Nc3ccccc3F)c(Cl)c2)C(=O)NC1=S.